The molecule has 6 heteroatoms. The summed E-state index contributed by atoms with van der Waals surface area (Å²) >= 11 is 0. The first-order valence-corrected chi connectivity index (χ1v) is 10.3. The van der Waals surface area contributed by atoms with Crippen LogP contribution < -0.4 is 10.6 Å². The first-order valence-electron chi connectivity index (χ1n) is 8.20. The van der Waals surface area contributed by atoms with Gasteiger partial charge in [-0.1, -0.05) is 36.8 Å². The average molecular weight is 338 g/mol. The monoisotopic (exact) mass is 338 g/mol. The molecule has 0 aromatic heterocycles. The predicted octanol–water partition coefficient (Wildman–Crippen LogP) is 2.13. The molecule has 0 saturated heterocycles. The van der Waals surface area contributed by atoms with Crippen LogP contribution in [0.1, 0.15) is 31.2 Å². The summed E-state index contributed by atoms with van der Waals surface area (Å²) in [6.07, 6.45) is 5.92. The number of amides is 2. The predicted molar refractivity (Wildman–Crippen MR) is 92.1 cm³/mol. The lowest BCUT2D eigenvalue weighted by atomic mass is 9.95. The first-order chi connectivity index (χ1) is 10.9. The molecule has 2 N–H and O–H groups in total. The van der Waals surface area contributed by atoms with Crippen molar-refractivity contribution < 1.29 is 13.2 Å². The van der Waals surface area contributed by atoms with Crippen molar-refractivity contribution in [1.29, 1.82) is 0 Å². The van der Waals surface area contributed by atoms with Crippen molar-refractivity contribution >= 4 is 15.9 Å². The van der Waals surface area contributed by atoms with Gasteiger partial charge >= 0.3 is 6.03 Å². The van der Waals surface area contributed by atoms with Gasteiger partial charge in [-0.15, -0.1) is 0 Å². The number of rotatable bonds is 7. The number of hydrogen-bond acceptors (Lipinski definition) is 3. The van der Waals surface area contributed by atoms with Crippen LogP contribution in [0.3, 0.4) is 0 Å². The number of hydrogen-bond donors (Lipinski definition) is 2. The van der Waals surface area contributed by atoms with Gasteiger partial charge in [-0.2, -0.15) is 0 Å². The Labute approximate surface area is 138 Å². The van der Waals surface area contributed by atoms with Gasteiger partial charge in [0.2, 0.25) is 0 Å². The maximum atomic E-state index is 11.9. The van der Waals surface area contributed by atoms with E-state index in [1.165, 1.54) is 11.8 Å². The molecule has 0 unspecified atom stereocenters. The van der Waals surface area contributed by atoms with Crippen LogP contribution in [0.4, 0.5) is 4.79 Å². The SMILES string of the molecule is CS(=O)(=O)CCCNC(=O)N[C@H]1CCC[C@H]1Cc1ccccc1. The summed E-state index contributed by atoms with van der Waals surface area (Å²) < 4.78 is 22.1. The van der Waals surface area contributed by atoms with Crippen LogP contribution in [0.15, 0.2) is 30.3 Å². The zero-order chi connectivity index (χ0) is 16.7. The molecule has 1 saturated carbocycles. The van der Waals surface area contributed by atoms with Crippen LogP contribution in [0, 0.1) is 5.92 Å². The van der Waals surface area contributed by atoms with E-state index in [4.69, 9.17) is 0 Å². The molecule has 5 nitrogen and oxygen atoms in total. The topological polar surface area (TPSA) is 75.3 Å². The van der Waals surface area contributed by atoms with Gasteiger partial charge < -0.3 is 10.6 Å². The van der Waals surface area contributed by atoms with Gasteiger partial charge in [0.1, 0.15) is 9.84 Å². The van der Waals surface area contributed by atoms with E-state index in [2.05, 4.69) is 22.8 Å². The van der Waals surface area contributed by atoms with Crippen LogP contribution in [0.25, 0.3) is 0 Å². The van der Waals surface area contributed by atoms with E-state index in [1.54, 1.807) is 0 Å². The standard InChI is InChI=1S/C17H26N2O3S/c1-23(21,22)12-6-11-18-17(20)19-16-10-5-9-15(16)13-14-7-3-2-4-8-14/h2-4,7-8,15-16H,5-6,9-13H2,1H3,(H2,18,19,20)/t15-,16-/m0/s1. The van der Waals surface area contributed by atoms with Gasteiger partial charge in [0.25, 0.3) is 0 Å². The Kier molecular flexibility index (Phi) is 6.45. The molecule has 23 heavy (non-hydrogen) atoms. The molecule has 1 fully saturated rings. The van der Waals surface area contributed by atoms with Crippen LogP contribution in [0.2, 0.25) is 0 Å². The van der Waals surface area contributed by atoms with Crippen molar-refractivity contribution in [2.45, 2.75) is 38.1 Å². The van der Waals surface area contributed by atoms with E-state index in [1.807, 2.05) is 18.2 Å². The minimum Gasteiger partial charge on any atom is -0.338 e. The van der Waals surface area contributed by atoms with Crippen molar-refractivity contribution in [2.24, 2.45) is 5.92 Å². The van der Waals surface area contributed by atoms with Crippen LogP contribution in [-0.4, -0.2) is 39.0 Å². The molecule has 1 aromatic carbocycles. The number of sulfone groups is 1. The number of benzene rings is 1. The Morgan fingerprint density at radius 3 is 2.65 bits per heavy atom. The number of nitrogens with one attached hydrogen (secondary N) is 2. The Hall–Kier alpha value is -1.56. The highest BCUT2D eigenvalue weighted by Crippen LogP contribution is 2.28. The molecule has 0 spiro atoms. The summed E-state index contributed by atoms with van der Waals surface area (Å²) in [6, 6.07) is 10.4. The number of urea groups is 1. The third-order valence-corrected chi connectivity index (χ3v) is 5.32. The molecule has 0 heterocycles. The normalized spacial score (nSPS) is 21.1. The van der Waals surface area contributed by atoms with Gasteiger partial charge in [-0.05, 0) is 37.2 Å². The van der Waals surface area contributed by atoms with Crippen molar-refractivity contribution in [3.63, 3.8) is 0 Å². The molecule has 0 radical (unpaired) electrons. The average Bonchev–Trinajstić information content (AvgIpc) is 2.91. The fraction of sp³-hybridized carbons (Fsp3) is 0.588. The van der Waals surface area contributed by atoms with Crippen LogP contribution in [-0.2, 0) is 16.3 Å². The van der Waals surface area contributed by atoms with Gasteiger partial charge in [0.05, 0.1) is 5.75 Å². The third-order valence-electron chi connectivity index (χ3n) is 4.29. The minimum absolute atomic E-state index is 0.105. The molecular weight excluding hydrogens is 312 g/mol. The zero-order valence-electron chi connectivity index (χ0n) is 13.6. The Morgan fingerprint density at radius 2 is 1.96 bits per heavy atom. The fourth-order valence-electron chi connectivity index (χ4n) is 3.14. The summed E-state index contributed by atoms with van der Waals surface area (Å²) in [7, 11) is -2.96. The molecule has 1 aliphatic carbocycles. The summed E-state index contributed by atoms with van der Waals surface area (Å²) in [5.41, 5.74) is 1.31. The largest absolute Gasteiger partial charge is 0.338 e. The molecule has 128 valence electrons. The van der Waals surface area contributed by atoms with Gasteiger partial charge in [-0.3, -0.25) is 0 Å². The highest BCUT2D eigenvalue weighted by atomic mass is 32.2. The molecule has 0 aliphatic heterocycles. The second-order valence-electron chi connectivity index (χ2n) is 6.37. The highest BCUT2D eigenvalue weighted by Gasteiger charge is 2.28. The Bertz CT molecular complexity index is 602. The van der Waals surface area contributed by atoms with Crippen LogP contribution in [0.5, 0.6) is 0 Å². The Morgan fingerprint density at radius 1 is 1.22 bits per heavy atom. The molecule has 0 bridgehead atoms. The maximum absolute atomic E-state index is 11.9. The molecule has 2 rings (SSSR count). The van der Waals surface area contributed by atoms with Gasteiger partial charge in [-0.25, -0.2) is 13.2 Å². The number of carbonyl (C=O) groups excluding carboxylic acids is 1. The highest BCUT2D eigenvalue weighted by molar-refractivity contribution is 7.90. The van der Waals surface area contributed by atoms with E-state index >= 15 is 0 Å². The Balaban J connectivity index is 1.74. The lowest BCUT2D eigenvalue weighted by Gasteiger charge is -2.21. The number of carbonyl (C=O) groups is 1. The van der Waals surface area contributed by atoms with Crippen molar-refractivity contribution in [3.05, 3.63) is 35.9 Å². The van der Waals surface area contributed by atoms with E-state index in [0.29, 0.717) is 18.9 Å². The van der Waals surface area contributed by atoms with Crippen molar-refractivity contribution in [3.8, 4) is 0 Å². The molecule has 1 aliphatic rings. The second kappa shape index (κ2) is 8.34. The second-order valence-corrected chi connectivity index (χ2v) is 8.63. The zero-order valence-corrected chi connectivity index (χ0v) is 14.4. The smallest absolute Gasteiger partial charge is 0.315 e. The van der Waals surface area contributed by atoms with Crippen LogP contribution >= 0.6 is 0 Å². The molecule has 1 aromatic rings. The van der Waals surface area contributed by atoms with Crippen molar-refractivity contribution in [1.82, 2.24) is 10.6 Å². The van der Waals surface area contributed by atoms with E-state index in [0.717, 1.165) is 25.7 Å². The molecule has 2 amide bonds. The summed E-state index contributed by atoms with van der Waals surface area (Å²) in [5, 5.41) is 5.80. The van der Waals surface area contributed by atoms with Gasteiger partial charge in [0, 0.05) is 18.8 Å². The quantitative estimate of drug-likeness (QED) is 0.748. The molecular formula is C17H26N2O3S. The first kappa shape index (κ1) is 17.8. The fourth-order valence-corrected chi connectivity index (χ4v) is 3.81. The van der Waals surface area contributed by atoms with Gasteiger partial charge in [0.15, 0.2) is 0 Å². The van der Waals surface area contributed by atoms with E-state index in [-0.39, 0.29) is 17.8 Å². The molecule has 2 atom stereocenters. The lowest BCUT2D eigenvalue weighted by Crippen LogP contribution is -2.44. The summed E-state index contributed by atoms with van der Waals surface area (Å²) in [5.74, 6) is 0.576. The van der Waals surface area contributed by atoms with E-state index < -0.39 is 9.84 Å². The lowest BCUT2D eigenvalue weighted by molar-refractivity contribution is 0.233. The van der Waals surface area contributed by atoms with Crippen molar-refractivity contribution in [2.75, 3.05) is 18.6 Å². The summed E-state index contributed by atoms with van der Waals surface area (Å²) in [6.45, 7) is 0.384. The third kappa shape index (κ3) is 6.60. The minimum atomic E-state index is -2.96. The summed E-state index contributed by atoms with van der Waals surface area (Å²) in [4.78, 5) is 11.9. The maximum Gasteiger partial charge on any atom is 0.315 e. The van der Waals surface area contributed by atoms with E-state index in [9.17, 15) is 13.2 Å².